The van der Waals surface area contributed by atoms with E-state index in [1.807, 2.05) is 11.8 Å². The van der Waals surface area contributed by atoms with Crippen LogP contribution in [0.3, 0.4) is 0 Å². The Labute approximate surface area is 121 Å². The molecule has 0 radical (unpaired) electrons. The molecule has 3 nitrogen and oxygen atoms in total. The third-order valence-electron chi connectivity index (χ3n) is 3.35. The van der Waals surface area contributed by atoms with Crippen molar-refractivity contribution in [1.82, 2.24) is 9.88 Å². The van der Waals surface area contributed by atoms with Crippen LogP contribution in [0.5, 0.6) is 0 Å². The second kappa shape index (κ2) is 5.32. The first-order valence-electron chi connectivity index (χ1n) is 6.61. The molecular formula is C15H15FN2OS. The quantitative estimate of drug-likeness (QED) is 0.864. The summed E-state index contributed by atoms with van der Waals surface area (Å²) in [6.45, 7) is 2.41. The van der Waals surface area contributed by atoms with Gasteiger partial charge in [-0.25, -0.2) is 9.37 Å². The van der Waals surface area contributed by atoms with Crippen molar-refractivity contribution in [3.05, 3.63) is 51.7 Å². The minimum absolute atomic E-state index is 0.0267. The normalized spacial score (nSPS) is 14.3. The number of carbonyl (C=O) groups excluding carboxylic acids is 1. The van der Waals surface area contributed by atoms with Crippen LogP contribution in [0.15, 0.2) is 29.6 Å². The minimum Gasteiger partial charge on any atom is -0.330 e. The van der Waals surface area contributed by atoms with Gasteiger partial charge < -0.3 is 4.90 Å². The number of hydrogen-bond donors (Lipinski definition) is 0. The Kier molecular flexibility index (Phi) is 3.53. The van der Waals surface area contributed by atoms with Crippen LogP contribution in [0, 0.1) is 12.7 Å². The molecule has 1 aromatic heterocycles. The number of benzene rings is 1. The molecule has 0 atom stereocenters. The fourth-order valence-corrected chi connectivity index (χ4v) is 2.73. The summed E-state index contributed by atoms with van der Waals surface area (Å²) in [5, 5.41) is 2.70. The van der Waals surface area contributed by atoms with Crippen LogP contribution in [0.2, 0.25) is 0 Å². The van der Waals surface area contributed by atoms with Gasteiger partial charge in [-0.15, -0.1) is 11.3 Å². The lowest BCUT2D eigenvalue weighted by Gasteiger charge is -2.21. The van der Waals surface area contributed by atoms with Crippen LogP contribution in [-0.2, 0) is 6.54 Å². The topological polar surface area (TPSA) is 33.2 Å². The summed E-state index contributed by atoms with van der Waals surface area (Å²) in [7, 11) is 0. The van der Waals surface area contributed by atoms with E-state index >= 15 is 0 Å². The number of hydrogen-bond acceptors (Lipinski definition) is 3. The maximum atomic E-state index is 12.9. The van der Waals surface area contributed by atoms with Gasteiger partial charge in [-0.05, 0) is 37.5 Å². The van der Waals surface area contributed by atoms with Gasteiger partial charge in [0.1, 0.15) is 11.5 Å². The summed E-state index contributed by atoms with van der Waals surface area (Å²) in [5.74, 6) is -0.283. The average molecular weight is 290 g/mol. The number of thiazole rings is 1. The van der Waals surface area contributed by atoms with Gasteiger partial charge in [-0.1, -0.05) is 12.1 Å². The van der Waals surface area contributed by atoms with Crippen molar-refractivity contribution in [3.8, 4) is 0 Å². The molecule has 1 amide bonds. The van der Waals surface area contributed by atoms with Gasteiger partial charge in [0.05, 0.1) is 5.01 Å². The minimum atomic E-state index is -0.256. The molecule has 0 unspecified atom stereocenters. The van der Waals surface area contributed by atoms with Crippen molar-refractivity contribution in [3.63, 3.8) is 0 Å². The second-order valence-electron chi connectivity index (χ2n) is 5.04. The van der Waals surface area contributed by atoms with E-state index in [2.05, 4.69) is 4.98 Å². The second-order valence-corrected chi connectivity index (χ2v) is 6.10. The van der Waals surface area contributed by atoms with Gasteiger partial charge in [0.15, 0.2) is 0 Å². The number of rotatable bonds is 4. The lowest BCUT2D eigenvalue weighted by Crippen LogP contribution is -2.32. The van der Waals surface area contributed by atoms with E-state index in [-0.39, 0.29) is 11.7 Å². The molecule has 5 heteroatoms. The zero-order valence-electron chi connectivity index (χ0n) is 11.2. The highest BCUT2D eigenvalue weighted by atomic mass is 32.1. The van der Waals surface area contributed by atoms with Crippen LogP contribution >= 0.6 is 11.3 Å². The van der Waals surface area contributed by atoms with Crippen molar-refractivity contribution >= 4 is 17.2 Å². The lowest BCUT2D eigenvalue weighted by molar-refractivity contribution is 0.0724. The average Bonchev–Trinajstić information content (AvgIpc) is 3.19. The van der Waals surface area contributed by atoms with Crippen molar-refractivity contribution < 1.29 is 9.18 Å². The Balaban J connectivity index is 1.79. The maximum Gasteiger partial charge on any atom is 0.273 e. The first kappa shape index (κ1) is 13.2. The molecule has 0 spiro atoms. The Morgan fingerprint density at radius 1 is 1.40 bits per heavy atom. The first-order valence-corrected chi connectivity index (χ1v) is 7.49. The predicted octanol–water partition coefficient (Wildman–Crippen LogP) is 3.40. The van der Waals surface area contributed by atoms with E-state index in [1.165, 1.54) is 23.5 Å². The Bertz CT molecular complexity index is 619. The van der Waals surface area contributed by atoms with E-state index in [0.717, 1.165) is 23.4 Å². The van der Waals surface area contributed by atoms with Crippen LogP contribution in [0.4, 0.5) is 4.39 Å². The fourth-order valence-electron chi connectivity index (χ4n) is 2.15. The molecular weight excluding hydrogens is 275 g/mol. The van der Waals surface area contributed by atoms with E-state index < -0.39 is 0 Å². The molecule has 1 aliphatic carbocycles. The summed E-state index contributed by atoms with van der Waals surface area (Å²) < 4.78 is 12.9. The van der Waals surface area contributed by atoms with Crippen molar-refractivity contribution in [2.24, 2.45) is 0 Å². The third kappa shape index (κ3) is 2.88. The smallest absolute Gasteiger partial charge is 0.273 e. The first-order chi connectivity index (χ1) is 9.63. The summed E-state index contributed by atoms with van der Waals surface area (Å²) >= 11 is 1.48. The van der Waals surface area contributed by atoms with Gasteiger partial charge in [0.2, 0.25) is 0 Å². The molecule has 0 aliphatic heterocycles. The van der Waals surface area contributed by atoms with Gasteiger partial charge in [-0.3, -0.25) is 4.79 Å². The zero-order valence-corrected chi connectivity index (χ0v) is 12.0. The Morgan fingerprint density at radius 3 is 2.65 bits per heavy atom. The largest absolute Gasteiger partial charge is 0.330 e. The highest BCUT2D eigenvalue weighted by molar-refractivity contribution is 7.09. The van der Waals surface area contributed by atoms with Gasteiger partial charge >= 0.3 is 0 Å². The maximum absolute atomic E-state index is 12.9. The molecule has 0 N–H and O–H groups in total. The molecule has 1 fully saturated rings. The number of aryl methyl sites for hydroxylation is 1. The summed E-state index contributed by atoms with van der Waals surface area (Å²) in [5.41, 5.74) is 1.46. The molecule has 1 aromatic carbocycles. The van der Waals surface area contributed by atoms with Crippen molar-refractivity contribution in [2.75, 3.05) is 0 Å². The summed E-state index contributed by atoms with van der Waals surface area (Å²) in [6.07, 6.45) is 2.08. The molecule has 104 valence electrons. The number of nitrogens with zero attached hydrogens (tertiary/aromatic N) is 2. The predicted molar refractivity (Wildman–Crippen MR) is 76.1 cm³/mol. The highest BCUT2D eigenvalue weighted by Crippen LogP contribution is 2.30. The standard InChI is InChI=1S/C15H15FN2OS/c1-10-17-14(9-20-10)15(19)18(13-6-7-13)8-11-2-4-12(16)5-3-11/h2-5,9,13H,6-8H2,1H3. The van der Waals surface area contributed by atoms with E-state index in [0.29, 0.717) is 18.3 Å². The fraction of sp³-hybridized carbons (Fsp3) is 0.333. The summed E-state index contributed by atoms with van der Waals surface area (Å²) in [6, 6.07) is 6.61. The Hall–Kier alpha value is -1.75. The van der Waals surface area contributed by atoms with Crippen molar-refractivity contribution in [2.45, 2.75) is 32.4 Å². The zero-order chi connectivity index (χ0) is 14.1. The number of aromatic nitrogens is 1. The molecule has 0 saturated heterocycles. The number of halogens is 1. The van der Waals surface area contributed by atoms with Crippen molar-refractivity contribution in [1.29, 1.82) is 0 Å². The van der Waals surface area contributed by atoms with E-state index in [9.17, 15) is 9.18 Å². The summed E-state index contributed by atoms with van der Waals surface area (Å²) in [4.78, 5) is 18.6. The van der Waals surface area contributed by atoms with Crippen LogP contribution in [0.25, 0.3) is 0 Å². The lowest BCUT2D eigenvalue weighted by atomic mass is 10.2. The van der Waals surface area contributed by atoms with Gasteiger partial charge in [0, 0.05) is 18.0 Å². The van der Waals surface area contributed by atoms with Gasteiger partial charge in [-0.2, -0.15) is 0 Å². The molecule has 1 aliphatic rings. The van der Waals surface area contributed by atoms with E-state index in [4.69, 9.17) is 0 Å². The van der Waals surface area contributed by atoms with Crippen LogP contribution < -0.4 is 0 Å². The third-order valence-corrected chi connectivity index (χ3v) is 4.13. The molecule has 2 aromatic rings. The SMILES string of the molecule is Cc1nc(C(=O)N(Cc2ccc(F)cc2)C2CC2)cs1. The van der Waals surface area contributed by atoms with E-state index in [1.54, 1.807) is 17.5 Å². The molecule has 3 rings (SSSR count). The molecule has 1 saturated carbocycles. The molecule has 0 bridgehead atoms. The highest BCUT2D eigenvalue weighted by Gasteiger charge is 2.33. The van der Waals surface area contributed by atoms with Crippen LogP contribution in [-0.4, -0.2) is 21.8 Å². The Morgan fingerprint density at radius 2 is 2.10 bits per heavy atom. The molecule has 20 heavy (non-hydrogen) atoms. The van der Waals surface area contributed by atoms with Crippen LogP contribution in [0.1, 0.15) is 33.9 Å². The number of amides is 1. The number of carbonyl (C=O) groups is 1. The van der Waals surface area contributed by atoms with Gasteiger partial charge in [0.25, 0.3) is 5.91 Å². The molecule has 1 heterocycles. The monoisotopic (exact) mass is 290 g/mol.